The fourth-order valence-corrected chi connectivity index (χ4v) is 1.69. The fraction of sp³-hybridized carbons (Fsp3) is 0.133. The molecular formula is C15H13F2NO2. The molecule has 2 N–H and O–H groups in total. The monoisotopic (exact) mass is 277 g/mol. The Morgan fingerprint density at radius 2 is 1.95 bits per heavy atom. The summed E-state index contributed by atoms with van der Waals surface area (Å²) in [4.78, 5) is 11.8. The van der Waals surface area contributed by atoms with Crippen LogP contribution in [0.1, 0.15) is 21.5 Å². The minimum atomic E-state index is -0.639. The number of nitrogen functional groups attached to an aromatic ring is 1. The lowest BCUT2D eigenvalue weighted by atomic mass is 10.1. The van der Waals surface area contributed by atoms with E-state index < -0.39 is 17.6 Å². The van der Waals surface area contributed by atoms with Crippen LogP contribution in [0.15, 0.2) is 36.4 Å². The predicted octanol–water partition coefficient (Wildman–Crippen LogP) is 3.21. The van der Waals surface area contributed by atoms with Crippen LogP contribution in [0, 0.1) is 18.6 Å². The minimum Gasteiger partial charge on any atom is -0.457 e. The molecule has 3 nitrogen and oxygen atoms in total. The second-order valence-electron chi connectivity index (χ2n) is 4.38. The van der Waals surface area contributed by atoms with E-state index in [0.717, 1.165) is 11.6 Å². The molecule has 2 aromatic rings. The van der Waals surface area contributed by atoms with Gasteiger partial charge in [0.15, 0.2) is 0 Å². The van der Waals surface area contributed by atoms with Gasteiger partial charge in [0.05, 0.1) is 11.3 Å². The smallest absolute Gasteiger partial charge is 0.338 e. The summed E-state index contributed by atoms with van der Waals surface area (Å²) >= 11 is 0. The van der Waals surface area contributed by atoms with Crippen molar-refractivity contribution in [3.05, 3.63) is 64.7 Å². The van der Waals surface area contributed by atoms with Crippen molar-refractivity contribution >= 4 is 11.7 Å². The molecule has 0 radical (unpaired) electrons. The van der Waals surface area contributed by atoms with E-state index >= 15 is 0 Å². The van der Waals surface area contributed by atoms with E-state index in [1.165, 1.54) is 24.3 Å². The summed E-state index contributed by atoms with van der Waals surface area (Å²) in [6.07, 6.45) is 0. The van der Waals surface area contributed by atoms with Crippen LogP contribution in [0.3, 0.4) is 0 Å². The molecule has 0 aromatic heterocycles. The summed E-state index contributed by atoms with van der Waals surface area (Å²) in [7, 11) is 0. The first-order valence-corrected chi connectivity index (χ1v) is 5.94. The highest BCUT2D eigenvalue weighted by Crippen LogP contribution is 2.15. The highest BCUT2D eigenvalue weighted by molar-refractivity contribution is 5.90. The number of rotatable bonds is 3. The van der Waals surface area contributed by atoms with Gasteiger partial charge >= 0.3 is 5.97 Å². The maximum Gasteiger partial charge on any atom is 0.338 e. The highest BCUT2D eigenvalue weighted by atomic mass is 19.1. The molecule has 20 heavy (non-hydrogen) atoms. The molecule has 5 heteroatoms. The number of halogens is 2. The van der Waals surface area contributed by atoms with E-state index in [1.54, 1.807) is 13.0 Å². The number of benzene rings is 2. The molecule has 0 aliphatic carbocycles. The van der Waals surface area contributed by atoms with Gasteiger partial charge in [-0.25, -0.2) is 13.6 Å². The summed E-state index contributed by atoms with van der Waals surface area (Å²) in [6.45, 7) is 1.73. The third-order valence-corrected chi connectivity index (χ3v) is 2.90. The number of nitrogens with two attached hydrogens (primary N) is 1. The molecule has 0 atom stereocenters. The molecule has 0 aliphatic heterocycles. The first-order valence-electron chi connectivity index (χ1n) is 5.94. The predicted molar refractivity (Wildman–Crippen MR) is 71.1 cm³/mol. The zero-order chi connectivity index (χ0) is 14.7. The van der Waals surface area contributed by atoms with E-state index in [0.29, 0.717) is 5.56 Å². The van der Waals surface area contributed by atoms with Crippen LogP contribution in [0.5, 0.6) is 0 Å². The molecule has 0 bridgehead atoms. The maximum absolute atomic E-state index is 13.1. The van der Waals surface area contributed by atoms with Gasteiger partial charge in [0.1, 0.15) is 18.2 Å². The molecule has 2 rings (SSSR count). The van der Waals surface area contributed by atoms with Gasteiger partial charge in [-0.1, -0.05) is 6.07 Å². The van der Waals surface area contributed by atoms with E-state index in [4.69, 9.17) is 10.5 Å². The Kier molecular flexibility index (Phi) is 3.98. The maximum atomic E-state index is 13.1. The lowest BCUT2D eigenvalue weighted by Gasteiger charge is -2.08. The number of anilines is 1. The second-order valence-corrected chi connectivity index (χ2v) is 4.38. The van der Waals surface area contributed by atoms with E-state index in [2.05, 4.69) is 0 Å². The summed E-state index contributed by atoms with van der Waals surface area (Å²) in [5.74, 6) is -1.63. The molecule has 0 spiro atoms. The van der Waals surface area contributed by atoms with Crippen molar-refractivity contribution in [2.75, 3.05) is 5.73 Å². The van der Waals surface area contributed by atoms with Crippen molar-refractivity contribution in [2.24, 2.45) is 0 Å². The lowest BCUT2D eigenvalue weighted by molar-refractivity contribution is 0.0471. The normalized spacial score (nSPS) is 10.3. The van der Waals surface area contributed by atoms with Crippen molar-refractivity contribution in [2.45, 2.75) is 13.5 Å². The zero-order valence-corrected chi connectivity index (χ0v) is 10.8. The summed E-state index contributed by atoms with van der Waals surface area (Å²) in [6, 6.07) is 7.83. The van der Waals surface area contributed by atoms with Crippen LogP contribution in [-0.2, 0) is 11.3 Å². The van der Waals surface area contributed by atoms with Gasteiger partial charge in [-0.3, -0.25) is 0 Å². The van der Waals surface area contributed by atoms with Gasteiger partial charge in [-0.2, -0.15) is 0 Å². The first kappa shape index (κ1) is 14.0. The third kappa shape index (κ3) is 3.12. The summed E-state index contributed by atoms with van der Waals surface area (Å²) in [5, 5.41) is 0. The highest BCUT2D eigenvalue weighted by Gasteiger charge is 2.11. The largest absolute Gasteiger partial charge is 0.457 e. The number of hydrogen-bond acceptors (Lipinski definition) is 3. The molecule has 104 valence electrons. The van der Waals surface area contributed by atoms with E-state index in [1.807, 2.05) is 0 Å². The number of aryl methyl sites for hydroxylation is 1. The average Bonchev–Trinajstić information content (AvgIpc) is 2.42. The van der Waals surface area contributed by atoms with Crippen LogP contribution < -0.4 is 5.73 Å². The number of ether oxygens (including phenoxy) is 1. The van der Waals surface area contributed by atoms with Crippen LogP contribution in [-0.4, -0.2) is 5.97 Å². The van der Waals surface area contributed by atoms with Gasteiger partial charge in [0.25, 0.3) is 0 Å². The van der Waals surface area contributed by atoms with Crippen molar-refractivity contribution in [3.8, 4) is 0 Å². The Balaban J connectivity index is 2.08. The quantitative estimate of drug-likeness (QED) is 0.692. The third-order valence-electron chi connectivity index (χ3n) is 2.90. The molecule has 0 aliphatic rings. The Morgan fingerprint density at radius 1 is 1.20 bits per heavy atom. The van der Waals surface area contributed by atoms with Crippen LogP contribution in [0.4, 0.5) is 14.5 Å². The zero-order valence-electron chi connectivity index (χ0n) is 10.8. The van der Waals surface area contributed by atoms with E-state index in [-0.39, 0.29) is 17.9 Å². The topological polar surface area (TPSA) is 52.3 Å². The number of carbonyl (C=O) groups excluding carboxylic acids is 1. The van der Waals surface area contributed by atoms with Crippen LogP contribution in [0.25, 0.3) is 0 Å². The summed E-state index contributed by atoms with van der Waals surface area (Å²) in [5.41, 5.74) is 6.80. The van der Waals surface area contributed by atoms with Crippen molar-refractivity contribution in [1.29, 1.82) is 0 Å². The van der Waals surface area contributed by atoms with Crippen LogP contribution in [0.2, 0.25) is 0 Å². The number of hydrogen-bond donors (Lipinski definition) is 1. The standard InChI is InChI=1S/C15H13F2NO2/c1-9-2-4-12(16)6-11(9)8-20-15(19)10-3-5-13(17)14(18)7-10/h2-7H,8,18H2,1H3. The molecular weight excluding hydrogens is 264 g/mol. The Morgan fingerprint density at radius 3 is 2.65 bits per heavy atom. The lowest BCUT2D eigenvalue weighted by Crippen LogP contribution is -2.07. The Labute approximate surface area is 115 Å². The van der Waals surface area contributed by atoms with Crippen molar-refractivity contribution in [3.63, 3.8) is 0 Å². The Bertz CT molecular complexity index is 656. The molecule has 0 unspecified atom stereocenters. The van der Waals surface area contributed by atoms with Crippen LogP contribution >= 0.6 is 0 Å². The van der Waals surface area contributed by atoms with Crippen molar-refractivity contribution < 1.29 is 18.3 Å². The van der Waals surface area contributed by atoms with E-state index in [9.17, 15) is 13.6 Å². The van der Waals surface area contributed by atoms with Gasteiger partial charge < -0.3 is 10.5 Å². The molecule has 2 aromatic carbocycles. The molecule has 0 amide bonds. The molecule has 0 saturated carbocycles. The molecule has 0 saturated heterocycles. The fourth-order valence-electron chi connectivity index (χ4n) is 1.69. The molecule has 0 fully saturated rings. The van der Waals surface area contributed by atoms with Gasteiger partial charge in [0, 0.05) is 0 Å². The second kappa shape index (κ2) is 5.69. The Hall–Kier alpha value is -2.43. The van der Waals surface area contributed by atoms with Gasteiger partial charge in [0.2, 0.25) is 0 Å². The van der Waals surface area contributed by atoms with Crippen molar-refractivity contribution in [1.82, 2.24) is 0 Å². The van der Waals surface area contributed by atoms with Gasteiger partial charge in [-0.15, -0.1) is 0 Å². The summed E-state index contributed by atoms with van der Waals surface area (Å²) < 4.78 is 31.1. The number of carbonyl (C=O) groups is 1. The SMILES string of the molecule is Cc1ccc(F)cc1COC(=O)c1ccc(F)c(N)c1. The van der Waals surface area contributed by atoms with Gasteiger partial charge in [-0.05, 0) is 48.4 Å². The minimum absolute atomic E-state index is 0.0558. The first-order chi connectivity index (χ1) is 9.47. The number of esters is 1. The molecule has 0 heterocycles. The average molecular weight is 277 g/mol.